The molecule has 0 saturated carbocycles. The summed E-state index contributed by atoms with van der Waals surface area (Å²) in [6.07, 6.45) is 3.28. The molecular formula is C13H26N2O. The smallest absolute Gasteiger partial charge is 0.154 e. The normalized spacial score (nSPS) is 26.4. The maximum Gasteiger partial charge on any atom is 0.154 e. The van der Waals surface area contributed by atoms with Crippen LogP contribution in [0.2, 0.25) is 0 Å². The van der Waals surface area contributed by atoms with E-state index < -0.39 is 0 Å². The Labute approximate surface area is 99.8 Å². The molecule has 0 aromatic carbocycles. The van der Waals surface area contributed by atoms with Gasteiger partial charge in [0, 0.05) is 12.5 Å². The molecule has 1 saturated heterocycles. The van der Waals surface area contributed by atoms with Crippen LogP contribution in [-0.2, 0) is 4.79 Å². The number of hydrogen-bond acceptors (Lipinski definition) is 3. The van der Waals surface area contributed by atoms with Crippen molar-refractivity contribution < 1.29 is 4.79 Å². The average molecular weight is 226 g/mol. The minimum absolute atomic E-state index is 0.106. The molecule has 2 atom stereocenters. The Morgan fingerprint density at radius 2 is 2.06 bits per heavy atom. The molecule has 3 heteroatoms. The highest BCUT2D eigenvalue weighted by molar-refractivity contribution is 5.86. The lowest BCUT2D eigenvalue weighted by Gasteiger charge is -2.28. The van der Waals surface area contributed by atoms with Crippen LogP contribution in [0.1, 0.15) is 33.1 Å². The van der Waals surface area contributed by atoms with Crippen molar-refractivity contribution in [2.45, 2.75) is 39.2 Å². The molecule has 1 aliphatic rings. The first-order valence-corrected chi connectivity index (χ1v) is 6.48. The van der Waals surface area contributed by atoms with E-state index in [4.69, 9.17) is 0 Å². The predicted octanol–water partition coefficient (Wildman–Crippen LogP) is 1.63. The van der Waals surface area contributed by atoms with E-state index in [0.29, 0.717) is 5.78 Å². The van der Waals surface area contributed by atoms with Crippen LogP contribution in [-0.4, -0.2) is 55.4 Å². The summed E-state index contributed by atoms with van der Waals surface area (Å²) in [5.74, 6) is 0.641. The number of ketones is 1. The molecule has 0 amide bonds. The second kappa shape index (κ2) is 6.36. The van der Waals surface area contributed by atoms with E-state index in [1.165, 1.54) is 6.42 Å². The van der Waals surface area contributed by atoms with Gasteiger partial charge in [-0.1, -0.05) is 20.3 Å². The molecule has 0 N–H and O–H groups in total. The molecule has 0 bridgehead atoms. The highest BCUT2D eigenvalue weighted by atomic mass is 16.1. The van der Waals surface area contributed by atoms with Crippen molar-refractivity contribution in [2.75, 3.05) is 33.7 Å². The summed E-state index contributed by atoms with van der Waals surface area (Å²) in [6.45, 7) is 7.26. The summed E-state index contributed by atoms with van der Waals surface area (Å²) < 4.78 is 0. The van der Waals surface area contributed by atoms with Crippen molar-refractivity contribution in [3.63, 3.8) is 0 Å². The van der Waals surface area contributed by atoms with Gasteiger partial charge >= 0.3 is 0 Å². The van der Waals surface area contributed by atoms with Crippen LogP contribution in [0.15, 0.2) is 0 Å². The molecule has 0 aliphatic carbocycles. The molecule has 16 heavy (non-hydrogen) atoms. The van der Waals surface area contributed by atoms with Gasteiger partial charge in [0.05, 0.1) is 6.04 Å². The molecule has 0 radical (unpaired) electrons. The third kappa shape index (κ3) is 3.56. The summed E-state index contributed by atoms with van der Waals surface area (Å²) in [4.78, 5) is 16.8. The minimum atomic E-state index is 0.106. The number of hydrogen-bond donors (Lipinski definition) is 0. The van der Waals surface area contributed by atoms with Gasteiger partial charge in [-0.2, -0.15) is 0 Å². The van der Waals surface area contributed by atoms with E-state index in [-0.39, 0.29) is 12.0 Å². The Bertz CT molecular complexity index is 230. The molecule has 2 unspecified atom stereocenters. The average Bonchev–Trinajstić information content (AvgIpc) is 2.40. The van der Waals surface area contributed by atoms with Gasteiger partial charge in [-0.3, -0.25) is 9.69 Å². The summed E-state index contributed by atoms with van der Waals surface area (Å²) in [5, 5.41) is 0. The lowest BCUT2D eigenvalue weighted by atomic mass is 9.94. The van der Waals surface area contributed by atoms with Gasteiger partial charge < -0.3 is 4.90 Å². The number of nitrogens with zero attached hydrogens (tertiary/aromatic N) is 2. The number of Topliss-reactive ketones (excluding diaryl/α,β-unsaturated/α-hetero) is 1. The fraction of sp³-hybridized carbons (Fsp3) is 0.923. The van der Waals surface area contributed by atoms with Gasteiger partial charge in [0.15, 0.2) is 5.78 Å². The van der Waals surface area contributed by atoms with Gasteiger partial charge in [0.25, 0.3) is 0 Å². The van der Waals surface area contributed by atoms with Crippen molar-refractivity contribution in [1.82, 2.24) is 9.80 Å². The predicted molar refractivity (Wildman–Crippen MR) is 67.6 cm³/mol. The Morgan fingerprint density at radius 1 is 1.38 bits per heavy atom. The molecule has 1 rings (SSSR count). The van der Waals surface area contributed by atoms with Crippen LogP contribution < -0.4 is 0 Å². The number of carbonyl (C=O) groups is 1. The summed E-state index contributed by atoms with van der Waals surface area (Å²) in [6, 6.07) is 0.106. The Balaban J connectivity index is 2.63. The molecule has 1 fully saturated rings. The van der Waals surface area contributed by atoms with Crippen molar-refractivity contribution >= 4 is 5.78 Å². The van der Waals surface area contributed by atoms with E-state index in [0.717, 1.165) is 32.5 Å². The van der Waals surface area contributed by atoms with Crippen LogP contribution in [0.5, 0.6) is 0 Å². The first-order valence-electron chi connectivity index (χ1n) is 6.48. The van der Waals surface area contributed by atoms with Crippen LogP contribution in [0, 0.1) is 5.92 Å². The van der Waals surface area contributed by atoms with Crippen molar-refractivity contribution in [3.8, 4) is 0 Å². The van der Waals surface area contributed by atoms with Crippen molar-refractivity contribution in [1.29, 1.82) is 0 Å². The summed E-state index contributed by atoms with van der Waals surface area (Å²) >= 11 is 0. The van der Waals surface area contributed by atoms with Gasteiger partial charge in [0.2, 0.25) is 0 Å². The van der Waals surface area contributed by atoms with Crippen molar-refractivity contribution in [3.05, 3.63) is 0 Å². The lowest BCUT2D eigenvalue weighted by Crippen LogP contribution is -2.45. The Hall–Kier alpha value is -0.410. The minimum Gasteiger partial charge on any atom is -0.304 e. The Morgan fingerprint density at radius 3 is 2.69 bits per heavy atom. The fourth-order valence-corrected chi connectivity index (χ4v) is 2.48. The molecule has 1 heterocycles. The third-order valence-corrected chi connectivity index (χ3v) is 3.60. The van der Waals surface area contributed by atoms with Gasteiger partial charge in [0.1, 0.15) is 0 Å². The van der Waals surface area contributed by atoms with Crippen LogP contribution in [0.25, 0.3) is 0 Å². The SMILES string of the molecule is CCCC(C)C(=O)C1CN(C)CCCN1C. The van der Waals surface area contributed by atoms with Crippen LogP contribution in [0.4, 0.5) is 0 Å². The maximum absolute atomic E-state index is 12.3. The number of likely N-dealkylation sites (N-methyl/N-ethyl adjacent to an activating group) is 2. The van der Waals surface area contributed by atoms with Crippen molar-refractivity contribution in [2.24, 2.45) is 5.92 Å². The molecule has 0 aromatic heterocycles. The first kappa shape index (κ1) is 13.7. The zero-order chi connectivity index (χ0) is 12.1. The summed E-state index contributed by atoms with van der Waals surface area (Å²) in [7, 11) is 4.20. The number of rotatable bonds is 4. The highest BCUT2D eigenvalue weighted by Gasteiger charge is 2.29. The monoisotopic (exact) mass is 226 g/mol. The van der Waals surface area contributed by atoms with E-state index in [9.17, 15) is 4.79 Å². The molecule has 1 aliphatic heterocycles. The summed E-state index contributed by atoms with van der Waals surface area (Å²) in [5.41, 5.74) is 0. The highest BCUT2D eigenvalue weighted by Crippen LogP contribution is 2.15. The van der Waals surface area contributed by atoms with E-state index in [2.05, 4.69) is 37.7 Å². The lowest BCUT2D eigenvalue weighted by molar-refractivity contribution is -0.127. The quantitative estimate of drug-likeness (QED) is 0.728. The second-order valence-corrected chi connectivity index (χ2v) is 5.20. The van der Waals surface area contributed by atoms with Gasteiger partial charge in [-0.25, -0.2) is 0 Å². The van der Waals surface area contributed by atoms with Crippen LogP contribution in [0.3, 0.4) is 0 Å². The van der Waals surface area contributed by atoms with Crippen LogP contribution >= 0.6 is 0 Å². The van der Waals surface area contributed by atoms with E-state index in [1.54, 1.807) is 0 Å². The largest absolute Gasteiger partial charge is 0.304 e. The fourth-order valence-electron chi connectivity index (χ4n) is 2.48. The van der Waals surface area contributed by atoms with E-state index >= 15 is 0 Å². The topological polar surface area (TPSA) is 23.6 Å². The first-order chi connectivity index (χ1) is 7.56. The standard InChI is InChI=1S/C13H26N2O/c1-5-7-11(2)13(16)12-10-14(3)8-6-9-15(12)4/h11-12H,5-10H2,1-4H3. The maximum atomic E-state index is 12.3. The third-order valence-electron chi connectivity index (χ3n) is 3.60. The molecular weight excluding hydrogens is 200 g/mol. The molecule has 94 valence electrons. The van der Waals surface area contributed by atoms with Gasteiger partial charge in [-0.15, -0.1) is 0 Å². The number of carbonyl (C=O) groups excluding carboxylic acids is 1. The van der Waals surface area contributed by atoms with E-state index in [1.807, 2.05) is 0 Å². The molecule has 3 nitrogen and oxygen atoms in total. The zero-order valence-corrected chi connectivity index (χ0v) is 11.2. The Kier molecular flexibility index (Phi) is 5.42. The molecule has 0 aromatic rings. The molecule has 0 spiro atoms. The zero-order valence-electron chi connectivity index (χ0n) is 11.2. The van der Waals surface area contributed by atoms with Gasteiger partial charge in [-0.05, 0) is 40.0 Å². The second-order valence-electron chi connectivity index (χ2n) is 5.20.